The Labute approximate surface area is 176 Å². The summed E-state index contributed by atoms with van der Waals surface area (Å²) in [5, 5.41) is 13.9. The maximum Gasteiger partial charge on any atom is 0.256 e. The van der Waals surface area contributed by atoms with E-state index in [2.05, 4.69) is 27.9 Å². The molecule has 28 heavy (non-hydrogen) atoms. The van der Waals surface area contributed by atoms with Crippen molar-refractivity contribution in [1.29, 1.82) is 0 Å². The minimum atomic E-state index is -0.915. The van der Waals surface area contributed by atoms with Crippen molar-refractivity contribution in [2.75, 3.05) is 18.5 Å². The highest BCUT2D eigenvalue weighted by Crippen LogP contribution is 2.40. The Balaban J connectivity index is 1.74. The highest BCUT2D eigenvalue weighted by Gasteiger charge is 2.23. The summed E-state index contributed by atoms with van der Waals surface area (Å²) in [7, 11) is 0. The smallest absolute Gasteiger partial charge is 0.256 e. The number of fused-ring (bicyclic) bond motifs is 1. The average molecular weight is 487 g/mol. The third-order valence-corrected chi connectivity index (χ3v) is 5.43. The molecule has 2 N–H and O–H groups in total. The third-order valence-electron chi connectivity index (χ3n) is 4.49. The van der Waals surface area contributed by atoms with Crippen molar-refractivity contribution in [3.63, 3.8) is 0 Å². The minimum Gasteiger partial charge on any atom is -0.486 e. The third kappa shape index (κ3) is 3.83. The van der Waals surface area contributed by atoms with Crippen molar-refractivity contribution >= 4 is 34.2 Å². The van der Waals surface area contributed by atoms with E-state index >= 15 is 0 Å². The zero-order chi connectivity index (χ0) is 19.5. The summed E-state index contributed by atoms with van der Waals surface area (Å²) in [5.74, 6) is 0.861. The van der Waals surface area contributed by atoms with Gasteiger partial charge in [0.15, 0.2) is 11.5 Å². The fourth-order valence-electron chi connectivity index (χ4n) is 3.09. The van der Waals surface area contributed by atoms with Crippen LogP contribution in [-0.4, -0.2) is 24.2 Å². The largest absolute Gasteiger partial charge is 0.486 e. The number of carbonyl (C=O) groups excluding carboxylic acids is 1. The van der Waals surface area contributed by atoms with Crippen LogP contribution in [0.5, 0.6) is 11.5 Å². The number of anilines is 1. The second-order valence-electron chi connectivity index (χ2n) is 6.33. The molecular formula is C22H18INO4. The lowest BCUT2D eigenvalue weighted by Gasteiger charge is -2.23. The number of rotatable bonds is 4. The normalized spacial score (nSPS) is 13.6. The molecule has 0 unspecified atom stereocenters. The Morgan fingerprint density at radius 1 is 0.964 bits per heavy atom. The average Bonchev–Trinajstić information content (AvgIpc) is 2.73. The summed E-state index contributed by atoms with van der Waals surface area (Å²) in [6, 6.07) is 20.1. The van der Waals surface area contributed by atoms with Crippen LogP contribution >= 0.6 is 22.6 Å². The molecule has 1 aliphatic rings. The van der Waals surface area contributed by atoms with Crippen LogP contribution < -0.4 is 14.8 Å². The van der Waals surface area contributed by atoms with Crippen LogP contribution in [0.1, 0.15) is 27.6 Å². The van der Waals surface area contributed by atoms with Crippen molar-refractivity contribution in [3.8, 4) is 11.5 Å². The Bertz CT molecular complexity index is 1010. The number of halogens is 1. The quantitative estimate of drug-likeness (QED) is 0.536. The lowest BCUT2D eigenvalue weighted by atomic mass is 9.98. The van der Waals surface area contributed by atoms with Gasteiger partial charge in [-0.1, -0.05) is 42.5 Å². The number of hydrogen-bond acceptors (Lipinski definition) is 4. The molecule has 3 aromatic rings. The van der Waals surface area contributed by atoms with Gasteiger partial charge in [0.1, 0.15) is 19.3 Å². The van der Waals surface area contributed by atoms with Crippen molar-refractivity contribution in [1.82, 2.24) is 0 Å². The van der Waals surface area contributed by atoms with Gasteiger partial charge in [-0.2, -0.15) is 0 Å². The van der Waals surface area contributed by atoms with E-state index in [0.29, 0.717) is 41.5 Å². The lowest BCUT2D eigenvalue weighted by molar-refractivity contribution is 0.102. The first kappa shape index (κ1) is 18.8. The Hall–Kier alpha value is -2.58. The van der Waals surface area contributed by atoms with E-state index in [4.69, 9.17) is 9.47 Å². The standard InChI is InChI=1S/C22H18INO4/c23-17-9-5-4-8-15(17)22(26)24-18-13-20-19(27-10-11-28-20)12-16(18)21(25)14-6-2-1-3-7-14/h1-9,12-13,21,25H,10-11H2,(H,24,26)/t21-/m0/s1. The molecule has 0 aliphatic carbocycles. The summed E-state index contributed by atoms with van der Waals surface area (Å²) >= 11 is 2.13. The molecule has 0 saturated heterocycles. The molecule has 0 spiro atoms. The minimum absolute atomic E-state index is 0.247. The number of hydrogen-bond donors (Lipinski definition) is 2. The molecule has 4 rings (SSSR count). The summed E-state index contributed by atoms with van der Waals surface area (Å²) in [5.41, 5.74) is 2.34. The molecule has 5 nitrogen and oxygen atoms in total. The first-order valence-electron chi connectivity index (χ1n) is 8.86. The number of ether oxygens (including phenoxy) is 2. The Morgan fingerprint density at radius 3 is 2.32 bits per heavy atom. The predicted molar refractivity (Wildman–Crippen MR) is 115 cm³/mol. The van der Waals surface area contributed by atoms with Crippen LogP contribution in [0.15, 0.2) is 66.7 Å². The predicted octanol–water partition coefficient (Wildman–Crippen LogP) is 4.40. The van der Waals surface area contributed by atoms with E-state index in [1.807, 2.05) is 48.5 Å². The van der Waals surface area contributed by atoms with E-state index in [0.717, 1.165) is 9.13 Å². The lowest BCUT2D eigenvalue weighted by Crippen LogP contribution is -2.19. The van der Waals surface area contributed by atoms with Gasteiger partial charge in [-0.25, -0.2) is 0 Å². The zero-order valence-corrected chi connectivity index (χ0v) is 17.0. The van der Waals surface area contributed by atoms with Crippen LogP contribution in [0, 0.1) is 3.57 Å². The molecule has 0 aromatic heterocycles. The fourth-order valence-corrected chi connectivity index (χ4v) is 3.72. The Morgan fingerprint density at radius 2 is 1.61 bits per heavy atom. The van der Waals surface area contributed by atoms with Crippen molar-refractivity contribution in [2.45, 2.75) is 6.10 Å². The van der Waals surface area contributed by atoms with Gasteiger partial charge in [-0.05, 0) is 46.4 Å². The van der Waals surface area contributed by atoms with Crippen LogP contribution in [0.4, 0.5) is 5.69 Å². The van der Waals surface area contributed by atoms with Crippen LogP contribution in [0.2, 0.25) is 0 Å². The molecule has 0 bridgehead atoms. The molecule has 0 saturated carbocycles. The molecule has 0 radical (unpaired) electrons. The van der Waals surface area contributed by atoms with Crippen molar-refractivity contribution in [2.24, 2.45) is 0 Å². The van der Waals surface area contributed by atoms with Gasteiger partial charge in [0.25, 0.3) is 5.91 Å². The Kier molecular flexibility index (Phi) is 5.50. The second-order valence-corrected chi connectivity index (χ2v) is 7.49. The van der Waals surface area contributed by atoms with Crippen LogP contribution in [-0.2, 0) is 0 Å². The van der Waals surface area contributed by atoms with E-state index in [9.17, 15) is 9.90 Å². The van der Waals surface area contributed by atoms with Gasteiger partial charge in [-0.3, -0.25) is 4.79 Å². The number of nitrogens with one attached hydrogen (secondary N) is 1. The highest BCUT2D eigenvalue weighted by atomic mass is 127. The van der Waals surface area contributed by atoms with E-state index in [-0.39, 0.29) is 5.91 Å². The molecule has 6 heteroatoms. The fraction of sp³-hybridized carbons (Fsp3) is 0.136. The molecule has 142 valence electrons. The number of benzene rings is 3. The van der Waals surface area contributed by atoms with Gasteiger partial charge in [0.2, 0.25) is 0 Å². The molecule has 1 atom stereocenters. The molecule has 1 aliphatic heterocycles. The summed E-state index contributed by atoms with van der Waals surface area (Å²) in [6.45, 7) is 0.888. The number of amides is 1. The number of aliphatic hydroxyl groups excluding tert-OH is 1. The topological polar surface area (TPSA) is 67.8 Å². The highest BCUT2D eigenvalue weighted by molar-refractivity contribution is 14.1. The van der Waals surface area contributed by atoms with E-state index < -0.39 is 6.10 Å². The molecule has 3 aromatic carbocycles. The molecule has 0 fully saturated rings. The molecule has 1 amide bonds. The zero-order valence-electron chi connectivity index (χ0n) is 14.9. The van der Waals surface area contributed by atoms with Gasteiger partial charge in [0.05, 0.1) is 11.3 Å². The van der Waals surface area contributed by atoms with Gasteiger partial charge < -0.3 is 19.9 Å². The van der Waals surface area contributed by atoms with Crippen molar-refractivity contribution < 1.29 is 19.4 Å². The second kappa shape index (κ2) is 8.20. The summed E-state index contributed by atoms with van der Waals surface area (Å²) < 4.78 is 12.2. The molecular weight excluding hydrogens is 469 g/mol. The monoisotopic (exact) mass is 487 g/mol. The first-order valence-corrected chi connectivity index (χ1v) is 9.94. The van der Waals surface area contributed by atoms with Gasteiger partial charge in [0, 0.05) is 15.2 Å². The maximum absolute atomic E-state index is 12.8. The van der Waals surface area contributed by atoms with E-state index in [1.165, 1.54) is 0 Å². The van der Waals surface area contributed by atoms with E-state index in [1.54, 1.807) is 18.2 Å². The summed E-state index contributed by atoms with van der Waals surface area (Å²) in [4.78, 5) is 12.8. The van der Waals surface area contributed by atoms with Crippen LogP contribution in [0.25, 0.3) is 0 Å². The maximum atomic E-state index is 12.8. The number of aliphatic hydroxyl groups is 1. The van der Waals surface area contributed by atoms with Gasteiger partial charge in [-0.15, -0.1) is 0 Å². The molecule has 1 heterocycles. The van der Waals surface area contributed by atoms with Crippen LogP contribution in [0.3, 0.4) is 0 Å². The number of carbonyl (C=O) groups is 1. The van der Waals surface area contributed by atoms with Crippen molar-refractivity contribution in [3.05, 3.63) is 87.0 Å². The SMILES string of the molecule is O=C(Nc1cc2c(cc1[C@@H](O)c1ccccc1)OCCO2)c1ccccc1I. The summed E-state index contributed by atoms with van der Waals surface area (Å²) in [6.07, 6.45) is -0.915. The first-order chi connectivity index (χ1) is 13.6. The van der Waals surface area contributed by atoms with Gasteiger partial charge >= 0.3 is 0 Å².